The molecule has 1 aromatic carbocycles. The zero-order valence-corrected chi connectivity index (χ0v) is 14.3. The predicted molar refractivity (Wildman–Crippen MR) is 90.8 cm³/mol. The van der Waals surface area contributed by atoms with E-state index in [1.54, 1.807) is 6.07 Å². The van der Waals surface area contributed by atoms with Gasteiger partial charge in [-0.25, -0.2) is 4.79 Å². The molecule has 0 saturated carbocycles. The smallest absolute Gasteiger partial charge is 0.339 e. The van der Waals surface area contributed by atoms with Gasteiger partial charge in [-0.1, -0.05) is 0 Å². The molecular formula is C17H17NO5S. The Bertz CT molecular complexity index is 809. The first-order valence-corrected chi connectivity index (χ1v) is 7.97. The molecule has 2 aromatic rings. The molecule has 0 bridgehead atoms. The van der Waals surface area contributed by atoms with Gasteiger partial charge in [0.05, 0.1) is 11.3 Å². The van der Waals surface area contributed by atoms with E-state index in [9.17, 15) is 19.5 Å². The Balaban J connectivity index is 2.06. The molecule has 0 atom stereocenters. The molecule has 1 aromatic heterocycles. The highest BCUT2D eigenvalue weighted by molar-refractivity contribution is 7.12. The third-order valence-corrected chi connectivity index (χ3v) is 4.19. The number of phenols is 1. The van der Waals surface area contributed by atoms with Crippen LogP contribution in [0.1, 0.15) is 37.4 Å². The highest BCUT2D eigenvalue weighted by Gasteiger charge is 2.16. The van der Waals surface area contributed by atoms with E-state index in [1.807, 2.05) is 13.8 Å². The second kappa shape index (κ2) is 7.27. The summed E-state index contributed by atoms with van der Waals surface area (Å²) in [7, 11) is 0. The third-order valence-electron chi connectivity index (χ3n) is 3.22. The van der Waals surface area contributed by atoms with Crippen LogP contribution in [0.5, 0.6) is 5.75 Å². The molecule has 126 valence electrons. The van der Waals surface area contributed by atoms with Gasteiger partial charge < -0.3 is 15.2 Å². The number of hydrogen-bond donors (Lipinski definition) is 2. The van der Waals surface area contributed by atoms with E-state index in [1.165, 1.54) is 36.5 Å². The fourth-order valence-electron chi connectivity index (χ4n) is 2.12. The maximum atomic E-state index is 12.2. The van der Waals surface area contributed by atoms with Crippen molar-refractivity contribution in [3.63, 3.8) is 0 Å². The average molecular weight is 347 g/mol. The van der Waals surface area contributed by atoms with Gasteiger partial charge >= 0.3 is 5.97 Å². The van der Waals surface area contributed by atoms with Crippen LogP contribution < -0.4 is 5.32 Å². The summed E-state index contributed by atoms with van der Waals surface area (Å²) in [5.41, 5.74) is 0.807. The summed E-state index contributed by atoms with van der Waals surface area (Å²) in [6.07, 6.45) is 0. The van der Waals surface area contributed by atoms with E-state index in [2.05, 4.69) is 5.32 Å². The van der Waals surface area contributed by atoms with Gasteiger partial charge in [0.15, 0.2) is 12.4 Å². The number of esters is 1. The summed E-state index contributed by atoms with van der Waals surface area (Å²) >= 11 is 1.48. The zero-order chi connectivity index (χ0) is 17.9. The Morgan fingerprint density at radius 2 is 1.92 bits per heavy atom. The van der Waals surface area contributed by atoms with Gasteiger partial charge in [-0.15, -0.1) is 11.3 Å². The zero-order valence-electron chi connectivity index (χ0n) is 13.5. The molecule has 0 aliphatic rings. The van der Waals surface area contributed by atoms with Crippen LogP contribution >= 0.6 is 11.3 Å². The molecule has 0 saturated heterocycles. The summed E-state index contributed by atoms with van der Waals surface area (Å²) < 4.78 is 5.06. The van der Waals surface area contributed by atoms with Crippen molar-refractivity contribution < 1.29 is 24.2 Å². The number of nitrogens with one attached hydrogen (secondary N) is 1. The van der Waals surface area contributed by atoms with Crippen LogP contribution in [0.3, 0.4) is 0 Å². The van der Waals surface area contributed by atoms with Crippen LogP contribution in [0.15, 0.2) is 24.3 Å². The SMILES string of the molecule is CC(=O)Nc1cc(C(=O)COC(=O)c2cc(C)sc2C)ccc1O. The monoisotopic (exact) mass is 347 g/mol. The molecule has 2 rings (SSSR count). The Morgan fingerprint density at radius 1 is 1.21 bits per heavy atom. The van der Waals surface area contributed by atoms with Gasteiger partial charge in [-0.2, -0.15) is 0 Å². The van der Waals surface area contributed by atoms with Crippen molar-refractivity contribution >= 4 is 34.7 Å². The standard InChI is InChI=1S/C17H17NO5S/c1-9-6-13(10(2)24-9)17(22)23-8-16(21)12-4-5-15(20)14(7-12)18-11(3)19/h4-7,20H,8H2,1-3H3,(H,18,19). The largest absolute Gasteiger partial charge is 0.506 e. The number of carbonyl (C=O) groups is 3. The molecule has 2 N–H and O–H groups in total. The molecule has 1 heterocycles. The van der Waals surface area contributed by atoms with Crippen molar-refractivity contribution in [3.05, 3.63) is 45.1 Å². The molecule has 0 aliphatic carbocycles. The first-order chi connectivity index (χ1) is 11.3. The first kappa shape index (κ1) is 17.7. The number of anilines is 1. The topological polar surface area (TPSA) is 92.7 Å². The van der Waals surface area contributed by atoms with E-state index >= 15 is 0 Å². The van der Waals surface area contributed by atoms with Crippen LogP contribution in [-0.2, 0) is 9.53 Å². The average Bonchev–Trinajstić information content (AvgIpc) is 2.85. The maximum absolute atomic E-state index is 12.2. The van der Waals surface area contributed by atoms with E-state index in [-0.39, 0.29) is 22.9 Å². The quantitative estimate of drug-likeness (QED) is 0.493. The number of phenolic OH excluding ortho intramolecular Hbond substituents is 1. The summed E-state index contributed by atoms with van der Waals surface area (Å²) in [5.74, 6) is -1.50. The minimum absolute atomic E-state index is 0.129. The van der Waals surface area contributed by atoms with Gasteiger partial charge in [0.1, 0.15) is 5.75 Å². The van der Waals surface area contributed by atoms with E-state index in [0.717, 1.165) is 9.75 Å². The Morgan fingerprint density at radius 3 is 2.50 bits per heavy atom. The molecule has 1 amide bonds. The van der Waals surface area contributed by atoms with Crippen molar-refractivity contribution in [3.8, 4) is 5.75 Å². The summed E-state index contributed by atoms with van der Waals surface area (Å²) in [6, 6.07) is 5.76. The Kier molecular flexibility index (Phi) is 5.35. The third kappa shape index (κ3) is 4.20. The Labute approximate surface area is 143 Å². The number of Topliss-reactive ketones (excluding diaryl/α,β-unsaturated/α-hetero) is 1. The number of amides is 1. The second-order valence-electron chi connectivity index (χ2n) is 5.24. The molecule has 0 aliphatic heterocycles. The van der Waals surface area contributed by atoms with Gasteiger partial charge in [-0.3, -0.25) is 9.59 Å². The van der Waals surface area contributed by atoms with E-state index in [0.29, 0.717) is 5.56 Å². The normalized spacial score (nSPS) is 10.3. The summed E-state index contributed by atoms with van der Waals surface area (Å²) in [4.78, 5) is 37.1. The summed E-state index contributed by atoms with van der Waals surface area (Å²) in [5, 5.41) is 12.1. The van der Waals surface area contributed by atoms with Crippen LogP contribution in [0.25, 0.3) is 0 Å². The summed E-state index contributed by atoms with van der Waals surface area (Å²) in [6.45, 7) is 4.58. The van der Waals surface area contributed by atoms with Crippen LogP contribution in [0.4, 0.5) is 5.69 Å². The van der Waals surface area contributed by atoms with Gasteiger partial charge in [-0.05, 0) is 38.1 Å². The number of rotatable bonds is 5. The number of ketones is 1. The maximum Gasteiger partial charge on any atom is 0.339 e. The fourth-order valence-corrected chi connectivity index (χ4v) is 3.04. The minimum Gasteiger partial charge on any atom is -0.506 e. The van der Waals surface area contributed by atoms with Crippen molar-refractivity contribution in [2.45, 2.75) is 20.8 Å². The lowest BCUT2D eigenvalue weighted by Crippen LogP contribution is -2.15. The second-order valence-corrected chi connectivity index (χ2v) is 6.70. The number of aromatic hydroxyl groups is 1. The number of ether oxygens (including phenoxy) is 1. The van der Waals surface area contributed by atoms with Crippen molar-refractivity contribution in [1.82, 2.24) is 0 Å². The number of aryl methyl sites for hydroxylation is 2. The molecular weight excluding hydrogens is 330 g/mol. The number of carbonyl (C=O) groups excluding carboxylic acids is 3. The predicted octanol–water partition coefficient (Wildman–Crippen LogP) is 3.07. The molecule has 0 spiro atoms. The number of thiophene rings is 1. The van der Waals surface area contributed by atoms with Crippen molar-refractivity contribution in [2.24, 2.45) is 0 Å². The molecule has 0 radical (unpaired) electrons. The Hall–Kier alpha value is -2.67. The van der Waals surface area contributed by atoms with Crippen LogP contribution in [0, 0.1) is 13.8 Å². The molecule has 24 heavy (non-hydrogen) atoms. The van der Waals surface area contributed by atoms with E-state index in [4.69, 9.17) is 4.74 Å². The minimum atomic E-state index is -0.550. The van der Waals surface area contributed by atoms with Gasteiger partial charge in [0.25, 0.3) is 0 Å². The van der Waals surface area contributed by atoms with Crippen molar-refractivity contribution in [2.75, 3.05) is 11.9 Å². The van der Waals surface area contributed by atoms with E-state index < -0.39 is 18.4 Å². The molecule has 6 nitrogen and oxygen atoms in total. The first-order valence-electron chi connectivity index (χ1n) is 7.16. The van der Waals surface area contributed by atoms with Crippen molar-refractivity contribution in [1.29, 1.82) is 0 Å². The molecule has 0 fully saturated rings. The lowest BCUT2D eigenvalue weighted by Gasteiger charge is -2.08. The number of hydrogen-bond acceptors (Lipinski definition) is 6. The van der Waals surface area contributed by atoms with Crippen LogP contribution in [0.2, 0.25) is 0 Å². The molecule has 7 heteroatoms. The van der Waals surface area contributed by atoms with Gasteiger partial charge in [0.2, 0.25) is 5.91 Å². The highest BCUT2D eigenvalue weighted by Crippen LogP contribution is 2.25. The lowest BCUT2D eigenvalue weighted by molar-refractivity contribution is -0.114. The van der Waals surface area contributed by atoms with Gasteiger partial charge in [0, 0.05) is 22.2 Å². The molecule has 0 unspecified atom stereocenters. The fraction of sp³-hybridized carbons (Fsp3) is 0.235. The lowest BCUT2D eigenvalue weighted by atomic mass is 10.1. The van der Waals surface area contributed by atoms with Crippen LogP contribution in [-0.4, -0.2) is 29.4 Å². The highest BCUT2D eigenvalue weighted by atomic mass is 32.1. The number of benzene rings is 1.